The van der Waals surface area contributed by atoms with Crippen LogP contribution in [0.2, 0.25) is 0 Å². The molecule has 0 aromatic carbocycles. The lowest BCUT2D eigenvalue weighted by atomic mass is 10.1. The fraction of sp³-hybridized carbons (Fsp3) is 0.857. The first-order chi connectivity index (χ1) is 5.31. The van der Waals surface area contributed by atoms with Crippen LogP contribution in [0.15, 0.2) is 0 Å². The van der Waals surface area contributed by atoms with Crippen LogP contribution in [-0.4, -0.2) is 43.4 Å². The molecule has 0 bridgehead atoms. The number of ether oxygens (including phenoxy) is 2. The van der Waals surface area contributed by atoms with Crippen molar-refractivity contribution < 1.29 is 14.3 Å². The summed E-state index contributed by atoms with van der Waals surface area (Å²) in [5.74, 6) is 0. The molecule has 4 heteroatoms. The SMILES string of the molecule is COC(=O)N1CCC2OC2C1. The molecule has 0 saturated carbocycles. The zero-order chi connectivity index (χ0) is 7.84. The highest BCUT2D eigenvalue weighted by Crippen LogP contribution is 2.30. The molecule has 2 heterocycles. The van der Waals surface area contributed by atoms with Gasteiger partial charge < -0.3 is 14.4 Å². The number of fused-ring (bicyclic) bond motifs is 1. The Morgan fingerprint density at radius 2 is 2.45 bits per heavy atom. The van der Waals surface area contributed by atoms with Crippen LogP contribution < -0.4 is 0 Å². The van der Waals surface area contributed by atoms with Crippen LogP contribution in [0.25, 0.3) is 0 Å². The highest BCUT2D eigenvalue weighted by atomic mass is 16.6. The van der Waals surface area contributed by atoms with Gasteiger partial charge >= 0.3 is 6.09 Å². The van der Waals surface area contributed by atoms with Gasteiger partial charge in [0.05, 0.1) is 19.8 Å². The highest BCUT2D eigenvalue weighted by Gasteiger charge is 2.44. The first-order valence-corrected chi connectivity index (χ1v) is 3.79. The second-order valence-corrected chi connectivity index (χ2v) is 2.92. The molecule has 62 valence electrons. The number of carbonyl (C=O) groups excluding carboxylic acids is 1. The largest absolute Gasteiger partial charge is 0.453 e. The zero-order valence-corrected chi connectivity index (χ0v) is 6.45. The number of methoxy groups -OCH3 is 1. The molecule has 0 radical (unpaired) electrons. The zero-order valence-electron chi connectivity index (χ0n) is 6.45. The van der Waals surface area contributed by atoms with E-state index in [1.54, 1.807) is 4.90 Å². The molecule has 0 N–H and O–H groups in total. The summed E-state index contributed by atoms with van der Waals surface area (Å²) in [5.41, 5.74) is 0. The third kappa shape index (κ3) is 1.18. The van der Waals surface area contributed by atoms with Gasteiger partial charge in [0.25, 0.3) is 0 Å². The van der Waals surface area contributed by atoms with Gasteiger partial charge in [-0.25, -0.2) is 4.79 Å². The molecule has 0 aromatic rings. The minimum Gasteiger partial charge on any atom is -0.453 e. The first kappa shape index (κ1) is 6.91. The van der Waals surface area contributed by atoms with Crippen molar-refractivity contribution in [1.82, 2.24) is 4.90 Å². The van der Waals surface area contributed by atoms with Gasteiger partial charge in [0.2, 0.25) is 0 Å². The molecule has 0 aliphatic carbocycles. The lowest BCUT2D eigenvalue weighted by Gasteiger charge is -2.22. The molecular formula is C7H11NO3. The number of rotatable bonds is 0. The third-order valence-corrected chi connectivity index (χ3v) is 2.20. The topological polar surface area (TPSA) is 42.1 Å². The molecular weight excluding hydrogens is 146 g/mol. The van der Waals surface area contributed by atoms with Crippen LogP contribution >= 0.6 is 0 Å². The van der Waals surface area contributed by atoms with Gasteiger partial charge in [-0.2, -0.15) is 0 Å². The maximum atomic E-state index is 11.0. The highest BCUT2D eigenvalue weighted by molar-refractivity contribution is 5.67. The fourth-order valence-electron chi connectivity index (χ4n) is 1.48. The maximum absolute atomic E-state index is 11.0. The Bertz CT molecular complexity index is 183. The van der Waals surface area contributed by atoms with Crippen molar-refractivity contribution in [3.05, 3.63) is 0 Å². The number of epoxide rings is 1. The molecule has 2 fully saturated rings. The molecule has 11 heavy (non-hydrogen) atoms. The first-order valence-electron chi connectivity index (χ1n) is 3.79. The average molecular weight is 157 g/mol. The van der Waals surface area contributed by atoms with E-state index < -0.39 is 0 Å². The van der Waals surface area contributed by atoms with Gasteiger partial charge in [-0.3, -0.25) is 0 Å². The Labute approximate surface area is 65.1 Å². The Morgan fingerprint density at radius 3 is 3.09 bits per heavy atom. The molecule has 2 aliphatic rings. The van der Waals surface area contributed by atoms with Crippen molar-refractivity contribution in [3.63, 3.8) is 0 Å². The molecule has 2 unspecified atom stereocenters. The second kappa shape index (κ2) is 2.37. The molecule has 4 nitrogen and oxygen atoms in total. The number of hydrogen-bond acceptors (Lipinski definition) is 3. The van der Waals surface area contributed by atoms with Crippen molar-refractivity contribution in [1.29, 1.82) is 0 Å². The molecule has 2 rings (SSSR count). The van der Waals surface area contributed by atoms with E-state index in [0.29, 0.717) is 18.8 Å². The van der Waals surface area contributed by atoms with Crippen LogP contribution in [0.4, 0.5) is 4.79 Å². The van der Waals surface area contributed by atoms with E-state index in [9.17, 15) is 4.79 Å². The Hall–Kier alpha value is -0.770. The van der Waals surface area contributed by atoms with Gasteiger partial charge in [0.15, 0.2) is 0 Å². The predicted molar refractivity (Wildman–Crippen MR) is 37.3 cm³/mol. The Morgan fingerprint density at radius 1 is 1.64 bits per heavy atom. The van der Waals surface area contributed by atoms with Gasteiger partial charge in [0, 0.05) is 6.54 Å². The summed E-state index contributed by atoms with van der Waals surface area (Å²) >= 11 is 0. The van der Waals surface area contributed by atoms with Crippen LogP contribution in [0.3, 0.4) is 0 Å². The van der Waals surface area contributed by atoms with E-state index in [1.165, 1.54) is 7.11 Å². The van der Waals surface area contributed by atoms with E-state index in [1.807, 2.05) is 0 Å². The van der Waals surface area contributed by atoms with Gasteiger partial charge in [-0.05, 0) is 6.42 Å². The number of piperidine rings is 1. The van der Waals surface area contributed by atoms with Crippen molar-refractivity contribution in [2.45, 2.75) is 18.6 Å². The third-order valence-electron chi connectivity index (χ3n) is 2.20. The number of carbonyl (C=O) groups is 1. The Kier molecular flexibility index (Phi) is 1.49. The van der Waals surface area contributed by atoms with Gasteiger partial charge in [0.1, 0.15) is 6.10 Å². The summed E-state index contributed by atoms with van der Waals surface area (Å²) in [6.07, 6.45) is 1.44. The van der Waals surface area contributed by atoms with Crippen LogP contribution in [0.5, 0.6) is 0 Å². The van der Waals surface area contributed by atoms with E-state index >= 15 is 0 Å². The summed E-state index contributed by atoms with van der Waals surface area (Å²) < 4.78 is 9.84. The van der Waals surface area contributed by atoms with Crippen molar-refractivity contribution in [2.24, 2.45) is 0 Å². The second-order valence-electron chi connectivity index (χ2n) is 2.92. The molecule has 1 amide bonds. The van der Waals surface area contributed by atoms with Crippen molar-refractivity contribution in [2.75, 3.05) is 20.2 Å². The lowest BCUT2D eigenvalue weighted by Crippen LogP contribution is -2.39. The molecule has 0 spiro atoms. The fourth-order valence-corrected chi connectivity index (χ4v) is 1.48. The summed E-state index contributed by atoms with van der Waals surface area (Å²) in [5, 5.41) is 0. The summed E-state index contributed by atoms with van der Waals surface area (Å²) in [4.78, 5) is 12.7. The predicted octanol–water partition coefficient (Wildman–Crippen LogP) is 0.226. The average Bonchev–Trinajstić information content (AvgIpc) is 2.80. The normalized spacial score (nSPS) is 34.5. The number of hydrogen-bond donors (Lipinski definition) is 0. The Balaban J connectivity index is 1.89. The molecule has 2 saturated heterocycles. The summed E-state index contributed by atoms with van der Waals surface area (Å²) in [7, 11) is 1.40. The van der Waals surface area contributed by atoms with Gasteiger partial charge in [-0.15, -0.1) is 0 Å². The van der Waals surface area contributed by atoms with Gasteiger partial charge in [-0.1, -0.05) is 0 Å². The van der Waals surface area contributed by atoms with Crippen molar-refractivity contribution >= 4 is 6.09 Å². The number of amides is 1. The summed E-state index contributed by atoms with van der Waals surface area (Å²) in [6.45, 7) is 1.48. The van der Waals surface area contributed by atoms with Crippen molar-refractivity contribution in [3.8, 4) is 0 Å². The standard InChI is InChI=1S/C7H11NO3/c1-10-7(9)8-3-2-5-6(4-8)11-5/h5-6H,2-4H2,1H3. The minimum atomic E-state index is -0.237. The van der Waals surface area contributed by atoms with Crippen LogP contribution in [0.1, 0.15) is 6.42 Å². The quantitative estimate of drug-likeness (QED) is 0.472. The molecule has 0 aromatic heterocycles. The van der Waals surface area contributed by atoms with Crippen LogP contribution in [-0.2, 0) is 9.47 Å². The van der Waals surface area contributed by atoms with E-state index in [2.05, 4.69) is 4.74 Å². The monoisotopic (exact) mass is 157 g/mol. The number of nitrogens with zero attached hydrogens (tertiary/aromatic N) is 1. The maximum Gasteiger partial charge on any atom is 0.409 e. The molecule has 2 atom stereocenters. The minimum absolute atomic E-state index is 0.237. The van der Waals surface area contributed by atoms with E-state index in [-0.39, 0.29) is 6.09 Å². The van der Waals surface area contributed by atoms with Crippen LogP contribution in [0, 0.1) is 0 Å². The summed E-state index contributed by atoms with van der Waals surface area (Å²) in [6, 6.07) is 0. The lowest BCUT2D eigenvalue weighted by molar-refractivity contribution is 0.118. The smallest absolute Gasteiger partial charge is 0.409 e. The van der Waals surface area contributed by atoms with E-state index in [0.717, 1.165) is 13.0 Å². The number of likely N-dealkylation sites (tertiary alicyclic amines) is 1. The van der Waals surface area contributed by atoms with E-state index in [4.69, 9.17) is 4.74 Å². The molecule has 2 aliphatic heterocycles.